The molecule has 2 heterocycles. The number of alkyl carbamates (subject to hydrolysis) is 1. The number of rotatable bonds is 6. The molecule has 0 aliphatic carbocycles. The first-order valence-corrected chi connectivity index (χ1v) is 10.5. The highest BCUT2D eigenvalue weighted by atomic mass is 16.7. The summed E-state index contributed by atoms with van der Waals surface area (Å²) in [6.07, 6.45) is -7.01. The highest BCUT2D eigenvalue weighted by Gasteiger charge is 2.43. The molecule has 11 heteroatoms. The summed E-state index contributed by atoms with van der Waals surface area (Å²) >= 11 is 0. The predicted octanol–water partition coefficient (Wildman–Crippen LogP) is -0.0532. The number of hydrogen-bond acceptors (Lipinski definition) is 9. The van der Waals surface area contributed by atoms with Gasteiger partial charge in [-0.3, -0.25) is 0 Å². The maximum absolute atomic E-state index is 12.9. The minimum absolute atomic E-state index is 0.0835. The molecule has 1 aliphatic heterocycles. The number of nitrogens with one attached hydrogen (secondary N) is 2. The molecule has 1 amide bonds. The van der Waals surface area contributed by atoms with Crippen molar-refractivity contribution in [3.63, 3.8) is 0 Å². The Morgan fingerprint density at radius 2 is 1.82 bits per heavy atom. The standard InChI is InChI=1S/C22H30N2O9/c1-22(2,3)33-21(30)24-14(8-11-9-23-13-7-5-4-6-12(11)13)19(28)31-10-15-16(25)17(26)18(27)20(29)32-15/h4-7,9,14-18,20,23,25-27,29H,8,10H2,1-3H3,(H,24,30)/t14-,15-,16-,17+,18-,20-/m0/s1. The Balaban J connectivity index is 1.72. The first-order chi connectivity index (χ1) is 15.5. The van der Waals surface area contributed by atoms with Crippen LogP contribution in [0, 0.1) is 0 Å². The van der Waals surface area contributed by atoms with Crippen molar-refractivity contribution in [2.45, 2.75) is 69.5 Å². The van der Waals surface area contributed by atoms with Crippen LogP contribution in [-0.2, 0) is 25.4 Å². The molecular formula is C22H30N2O9. The Bertz CT molecular complexity index is 970. The molecule has 3 rings (SSSR count). The number of carbonyl (C=O) groups is 2. The highest BCUT2D eigenvalue weighted by Crippen LogP contribution is 2.22. The molecule has 2 aromatic rings. The largest absolute Gasteiger partial charge is 0.461 e. The van der Waals surface area contributed by atoms with Crippen molar-refractivity contribution in [3.8, 4) is 0 Å². The molecule has 0 radical (unpaired) electrons. The van der Waals surface area contributed by atoms with E-state index in [1.165, 1.54) is 0 Å². The fraction of sp³-hybridized carbons (Fsp3) is 0.545. The molecule has 1 aromatic heterocycles. The molecule has 0 saturated carbocycles. The number of aromatic amines is 1. The molecule has 33 heavy (non-hydrogen) atoms. The Kier molecular flexibility index (Phi) is 7.60. The van der Waals surface area contributed by atoms with Crippen LogP contribution in [0.4, 0.5) is 4.79 Å². The summed E-state index contributed by atoms with van der Waals surface area (Å²) < 4.78 is 15.5. The smallest absolute Gasteiger partial charge is 0.408 e. The quantitative estimate of drug-likeness (QED) is 0.319. The summed E-state index contributed by atoms with van der Waals surface area (Å²) in [5, 5.41) is 42.4. The zero-order valence-corrected chi connectivity index (χ0v) is 18.6. The average molecular weight is 466 g/mol. The number of benzene rings is 1. The second-order valence-corrected chi connectivity index (χ2v) is 8.93. The van der Waals surface area contributed by atoms with Crippen molar-refractivity contribution < 1.29 is 44.2 Å². The number of carbonyl (C=O) groups excluding carboxylic acids is 2. The number of para-hydroxylation sites is 1. The SMILES string of the molecule is CC(C)(C)OC(=O)N[C@@H](Cc1c[nH]c2ccccc12)C(=O)OC[C@@H]1O[C@H](O)[C@@H](O)[C@H](O)[C@H]1O. The third-order valence-electron chi connectivity index (χ3n) is 5.15. The van der Waals surface area contributed by atoms with E-state index >= 15 is 0 Å². The fourth-order valence-corrected chi connectivity index (χ4v) is 3.50. The first kappa shape index (κ1) is 24.9. The van der Waals surface area contributed by atoms with Crippen LogP contribution in [-0.4, -0.2) is 86.4 Å². The van der Waals surface area contributed by atoms with Gasteiger partial charge in [0.2, 0.25) is 0 Å². The number of esters is 1. The van der Waals surface area contributed by atoms with Gasteiger partial charge in [-0.2, -0.15) is 0 Å². The van der Waals surface area contributed by atoms with E-state index < -0.39 is 61.0 Å². The Labute approximate surface area is 190 Å². The van der Waals surface area contributed by atoms with Crippen molar-refractivity contribution in [2.75, 3.05) is 6.61 Å². The lowest BCUT2D eigenvalue weighted by atomic mass is 9.99. The van der Waals surface area contributed by atoms with Gasteiger partial charge in [-0.05, 0) is 32.4 Å². The third kappa shape index (κ3) is 6.21. The summed E-state index contributed by atoms with van der Waals surface area (Å²) in [7, 11) is 0. The minimum Gasteiger partial charge on any atom is -0.461 e. The second kappa shape index (κ2) is 10.1. The van der Waals surface area contributed by atoms with Crippen LogP contribution in [0.3, 0.4) is 0 Å². The third-order valence-corrected chi connectivity index (χ3v) is 5.15. The molecule has 0 spiro atoms. The lowest BCUT2D eigenvalue weighted by Gasteiger charge is -2.38. The van der Waals surface area contributed by atoms with Crippen LogP contribution in [0.2, 0.25) is 0 Å². The summed E-state index contributed by atoms with van der Waals surface area (Å²) in [5.74, 6) is -0.836. The summed E-state index contributed by atoms with van der Waals surface area (Å²) in [4.78, 5) is 28.3. The number of amides is 1. The van der Waals surface area contributed by atoms with E-state index in [-0.39, 0.29) is 6.42 Å². The number of aromatic nitrogens is 1. The monoisotopic (exact) mass is 466 g/mol. The maximum Gasteiger partial charge on any atom is 0.408 e. The normalized spacial score (nSPS) is 26.6. The van der Waals surface area contributed by atoms with Crippen molar-refractivity contribution in [1.29, 1.82) is 0 Å². The second-order valence-electron chi connectivity index (χ2n) is 8.93. The average Bonchev–Trinajstić information content (AvgIpc) is 3.14. The Morgan fingerprint density at radius 1 is 1.12 bits per heavy atom. The van der Waals surface area contributed by atoms with E-state index in [0.717, 1.165) is 16.5 Å². The number of H-pyrrole nitrogens is 1. The molecule has 6 N–H and O–H groups in total. The molecule has 6 atom stereocenters. The first-order valence-electron chi connectivity index (χ1n) is 10.5. The van der Waals surface area contributed by atoms with E-state index in [0.29, 0.717) is 0 Å². The number of aliphatic hydroxyl groups excluding tert-OH is 4. The number of hydrogen-bond donors (Lipinski definition) is 6. The summed E-state index contributed by atoms with van der Waals surface area (Å²) in [5.41, 5.74) is 0.829. The molecule has 0 bridgehead atoms. The lowest BCUT2D eigenvalue weighted by Crippen LogP contribution is -2.59. The number of aliphatic hydroxyl groups is 4. The number of ether oxygens (including phenoxy) is 3. The van der Waals surface area contributed by atoms with E-state index in [4.69, 9.17) is 14.2 Å². The lowest BCUT2D eigenvalue weighted by molar-refractivity contribution is -0.287. The molecule has 1 aromatic carbocycles. The van der Waals surface area contributed by atoms with Crippen molar-refractivity contribution in [3.05, 3.63) is 36.0 Å². The van der Waals surface area contributed by atoms with Gasteiger partial charge < -0.3 is 44.9 Å². The Morgan fingerprint density at radius 3 is 2.52 bits per heavy atom. The molecular weight excluding hydrogens is 436 g/mol. The molecule has 1 aliphatic rings. The van der Waals surface area contributed by atoms with E-state index in [1.807, 2.05) is 24.3 Å². The van der Waals surface area contributed by atoms with E-state index in [2.05, 4.69) is 10.3 Å². The van der Waals surface area contributed by atoms with Gasteiger partial charge in [-0.25, -0.2) is 9.59 Å². The van der Waals surface area contributed by atoms with Crippen LogP contribution < -0.4 is 5.32 Å². The summed E-state index contributed by atoms with van der Waals surface area (Å²) in [6, 6.07) is 6.32. The zero-order valence-electron chi connectivity index (χ0n) is 18.6. The molecule has 1 saturated heterocycles. The topological polar surface area (TPSA) is 171 Å². The highest BCUT2D eigenvalue weighted by molar-refractivity contribution is 5.86. The molecule has 0 unspecified atom stereocenters. The van der Waals surface area contributed by atoms with Gasteiger partial charge in [0.05, 0.1) is 0 Å². The van der Waals surface area contributed by atoms with Gasteiger partial charge in [-0.1, -0.05) is 18.2 Å². The molecule has 1 fully saturated rings. The Hall–Kier alpha value is -2.70. The fourth-order valence-electron chi connectivity index (χ4n) is 3.50. The van der Waals surface area contributed by atoms with Gasteiger partial charge in [0.25, 0.3) is 0 Å². The van der Waals surface area contributed by atoms with Gasteiger partial charge in [-0.15, -0.1) is 0 Å². The zero-order chi connectivity index (χ0) is 24.3. The van der Waals surface area contributed by atoms with Crippen LogP contribution >= 0.6 is 0 Å². The van der Waals surface area contributed by atoms with Gasteiger partial charge in [0.1, 0.15) is 42.7 Å². The van der Waals surface area contributed by atoms with Crippen molar-refractivity contribution in [2.24, 2.45) is 0 Å². The van der Waals surface area contributed by atoms with Gasteiger partial charge >= 0.3 is 12.1 Å². The predicted molar refractivity (Wildman–Crippen MR) is 115 cm³/mol. The van der Waals surface area contributed by atoms with Crippen molar-refractivity contribution >= 4 is 23.0 Å². The van der Waals surface area contributed by atoms with Crippen LogP contribution in [0.15, 0.2) is 30.5 Å². The van der Waals surface area contributed by atoms with Crippen LogP contribution in [0.5, 0.6) is 0 Å². The molecule has 11 nitrogen and oxygen atoms in total. The van der Waals surface area contributed by atoms with Crippen molar-refractivity contribution in [1.82, 2.24) is 10.3 Å². The van der Waals surface area contributed by atoms with E-state index in [9.17, 15) is 30.0 Å². The molecule has 182 valence electrons. The number of fused-ring (bicyclic) bond motifs is 1. The van der Waals surface area contributed by atoms with Gasteiger partial charge in [0, 0.05) is 23.5 Å². The van der Waals surface area contributed by atoms with Gasteiger partial charge in [0.15, 0.2) is 6.29 Å². The summed E-state index contributed by atoms with van der Waals surface area (Å²) in [6.45, 7) is 4.53. The minimum atomic E-state index is -1.76. The van der Waals surface area contributed by atoms with Crippen LogP contribution in [0.1, 0.15) is 26.3 Å². The maximum atomic E-state index is 12.9. The van der Waals surface area contributed by atoms with E-state index in [1.54, 1.807) is 27.0 Å². The van der Waals surface area contributed by atoms with Crippen LogP contribution in [0.25, 0.3) is 10.9 Å².